The molecule has 0 saturated heterocycles. The second kappa shape index (κ2) is 10.5. The Morgan fingerprint density at radius 3 is 2.44 bits per heavy atom. The fourth-order valence-corrected chi connectivity index (χ4v) is 2.43. The smallest absolute Gasteiger partial charge is 0.225 e. The van der Waals surface area contributed by atoms with Gasteiger partial charge in [0.2, 0.25) is 5.91 Å². The van der Waals surface area contributed by atoms with Crippen LogP contribution in [0.2, 0.25) is 0 Å². The lowest BCUT2D eigenvalue weighted by Crippen LogP contribution is -2.25. The van der Waals surface area contributed by atoms with Crippen molar-refractivity contribution in [2.75, 3.05) is 25.5 Å². The first-order valence-corrected chi connectivity index (χ1v) is 8.92. The molecule has 1 amide bonds. The fraction of sp³-hybridized carbons (Fsp3) is 0.381. The zero-order chi connectivity index (χ0) is 17.9. The number of carbonyl (C=O) groups excluding carboxylic acids is 1. The van der Waals surface area contributed by atoms with Gasteiger partial charge in [-0.25, -0.2) is 0 Å². The predicted molar refractivity (Wildman–Crippen MR) is 103 cm³/mol. The van der Waals surface area contributed by atoms with Gasteiger partial charge in [-0.1, -0.05) is 43.7 Å². The van der Waals surface area contributed by atoms with Crippen LogP contribution >= 0.6 is 0 Å². The second-order valence-electron chi connectivity index (χ2n) is 6.25. The van der Waals surface area contributed by atoms with Crippen molar-refractivity contribution in [3.63, 3.8) is 0 Å². The minimum absolute atomic E-state index is 0.0429. The van der Waals surface area contributed by atoms with E-state index in [1.54, 1.807) is 0 Å². The van der Waals surface area contributed by atoms with Crippen molar-refractivity contribution in [3.05, 3.63) is 60.2 Å². The lowest BCUT2D eigenvalue weighted by atomic mass is 10.2. The Hall–Kier alpha value is -2.33. The molecule has 1 N–H and O–H groups in total. The molecule has 0 bridgehead atoms. The van der Waals surface area contributed by atoms with E-state index in [4.69, 9.17) is 4.74 Å². The SMILES string of the molecule is CCCCN(C)CCC(=O)Nc1ccc(OCc2ccccc2)cc1. The summed E-state index contributed by atoms with van der Waals surface area (Å²) in [5.74, 6) is 0.836. The lowest BCUT2D eigenvalue weighted by Gasteiger charge is -2.15. The molecule has 2 aromatic rings. The van der Waals surface area contributed by atoms with Crippen LogP contribution in [-0.2, 0) is 11.4 Å². The van der Waals surface area contributed by atoms with Crippen LogP contribution in [0, 0.1) is 0 Å². The Morgan fingerprint density at radius 1 is 1.04 bits per heavy atom. The number of rotatable bonds is 10. The summed E-state index contributed by atoms with van der Waals surface area (Å²) in [5, 5.41) is 2.93. The number of anilines is 1. The van der Waals surface area contributed by atoms with Crippen LogP contribution in [0.5, 0.6) is 5.75 Å². The first kappa shape index (κ1) is 19.0. The van der Waals surface area contributed by atoms with Crippen molar-refractivity contribution in [3.8, 4) is 5.75 Å². The van der Waals surface area contributed by atoms with Crippen LogP contribution in [0.3, 0.4) is 0 Å². The molecule has 0 aliphatic heterocycles. The standard InChI is InChI=1S/C21H28N2O2/c1-3-4-15-23(2)16-14-21(24)22-19-10-12-20(13-11-19)25-17-18-8-6-5-7-9-18/h5-13H,3-4,14-17H2,1-2H3,(H,22,24). The van der Waals surface area contributed by atoms with Gasteiger partial charge in [0.15, 0.2) is 0 Å². The summed E-state index contributed by atoms with van der Waals surface area (Å²) in [7, 11) is 2.06. The average Bonchev–Trinajstić information content (AvgIpc) is 2.65. The van der Waals surface area contributed by atoms with E-state index >= 15 is 0 Å². The maximum Gasteiger partial charge on any atom is 0.225 e. The van der Waals surface area contributed by atoms with Crippen LogP contribution in [0.1, 0.15) is 31.7 Å². The van der Waals surface area contributed by atoms with Gasteiger partial charge in [-0.3, -0.25) is 4.79 Å². The summed E-state index contributed by atoms with van der Waals surface area (Å²) in [6.45, 7) is 4.53. The Morgan fingerprint density at radius 2 is 1.76 bits per heavy atom. The maximum absolute atomic E-state index is 12.0. The highest BCUT2D eigenvalue weighted by molar-refractivity contribution is 5.90. The Balaban J connectivity index is 1.73. The molecular weight excluding hydrogens is 312 g/mol. The predicted octanol–water partition coefficient (Wildman–Crippen LogP) is 4.33. The van der Waals surface area contributed by atoms with E-state index in [-0.39, 0.29) is 5.91 Å². The third-order valence-electron chi connectivity index (χ3n) is 4.00. The van der Waals surface area contributed by atoms with Crippen LogP contribution < -0.4 is 10.1 Å². The van der Waals surface area contributed by atoms with Crippen LogP contribution in [0.4, 0.5) is 5.69 Å². The molecule has 134 valence electrons. The van der Waals surface area contributed by atoms with Crippen molar-refractivity contribution in [2.24, 2.45) is 0 Å². The van der Waals surface area contributed by atoms with E-state index < -0.39 is 0 Å². The summed E-state index contributed by atoms with van der Waals surface area (Å²) in [6, 6.07) is 17.6. The topological polar surface area (TPSA) is 41.6 Å². The van der Waals surface area contributed by atoms with Gasteiger partial charge in [0, 0.05) is 18.7 Å². The molecule has 25 heavy (non-hydrogen) atoms. The molecule has 0 fully saturated rings. The molecule has 0 aromatic heterocycles. The van der Waals surface area contributed by atoms with Gasteiger partial charge in [-0.2, -0.15) is 0 Å². The molecule has 4 nitrogen and oxygen atoms in total. The summed E-state index contributed by atoms with van der Waals surface area (Å²) >= 11 is 0. The Bertz CT molecular complexity index is 626. The molecule has 0 saturated carbocycles. The summed E-state index contributed by atoms with van der Waals surface area (Å²) in [6.07, 6.45) is 2.85. The van der Waals surface area contributed by atoms with Gasteiger partial charge in [0.25, 0.3) is 0 Å². The zero-order valence-electron chi connectivity index (χ0n) is 15.2. The largest absolute Gasteiger partial charge is 0.489 e. The summed E-state index contributed by atoms with van der Waals surface area (Å²) in [4.78, 5) is 14.2. The van der Waals surface area contributed by atoms with Crippen LogP contribution in [-0.4, -0.2) is 30.9 Å². The average molecular weight is 340 g/mol. The number of unbranched alkanes of at least 4 members (excludes halogenated alkanes) is 1. The zero-order valence-corrected chi connectivity index (χ0v) is 15.2. The highest BCUT2D eigenvalue weighted by Gasteiger charge is 2.05. The second-order valence-corrected chi connectivity index (χ2v) is 6.25. The van der Waals surface area contributed by atoms with Crippen molar-refractivity contribution in [2.45, 2.75) is 32.8 Å². The number of hydrogen-bond donors (Lipinski definition) is 1. The molecule has 0 heterocycles. The minimum atomic E-state index is 0.0429. The number of ether oxygens (including phenoxy) is 1. The summed E-state index contributed by atoms with van der Waals surface area (Å²) in [5.41, 5.74) is 1.93. The molecule has 0 aliphatic carbocycles. The van der Waals surface area contributed by atoms with Gasteiger partial charge >= 0.3 is 0 Å². The van der Waals surface area contributed by atoms with Crippen LogP contribution in [0.25, 0.3) is 0 Å². The highest BCUT2D eigenvalue weighted by atomic mass is 16.5. The quantitative estimate of drug-likeness (QED) is 0.700. The molecule has 0 atom stereocenters. The van der Waals surface area contributed by atoms with E-state index in [1.807, 2.05) is 54.6 Å². The van der Waals surface area contributed by atoms with Crippen molar-refractivity contribution >= 4 is 11.6 Å². The molecular formula is C21H28N2O2. The molecule has 0 radical (unpaired) electrons. The number of nitrogens with zero attached hydrogens (tertiary/aromatic N) is 1. The van der Waals surface area contributed by atoms with Crippen molar-refractivity contribution in [1.29, 1.82) is 0 Å². The minimum Gasteiger partial charge on any atom is -0.489 e. The van der Waals surface area contributed by atoms with Gasteiger partial charge in [-0.15, -0.1) is 0 Å². The number of amides is 1. The van der Waals surface area contributed by atoms with Gasteiger partial charge in [-0.05, 0) is 49.8 Å². The number of hydrogen-bond acceptors (Lipinski definition) is 3. The number of nitrogens with one attached hydrogen (secondary N) is 1. The molecule has 0 spiro atoms. The van der Waals surface area contributed by atoms with Crippen LogP contribution in [0.15, 0.2) is 54.6 Å². The lowest BCUT2D eigenvalue weighted by molar-refractivity contribution is -0.116. The Labute approximate surface area is 150 Å². The van der Waals surface area contributed by atoms with Gasteiger partial charge < -0.3 is 15.0 Å². The van der Waals surface area contributed by atoms with Crippen molar-refractivity contribution in [1.82, 2.24) is 4.90 Å². The number of carbonyl (C=O) groups is 1. The van der Waals surface area contributed by atoms with Gasteiger partial charge in [0.05, 0.1) is 0 Å². The molecule has 4 heteroatoms. The molecule has 2 aromatic carbocycles. The van der Waals surface area contributed by atoms with E-state index in [1.165, 1.54) is 12.8 Å². The van der Waals surface area contributed by atoms with E-state index in [2.05, 4.69) is 24.2 Å². The van der Waals surface area contributed by atoms with E-state index in [0.29, 0.717) is 13.0 Å². The number of benzene rings is 2. The molecule has 2 rings (SSSR count). The normalized spacial score (nSPS) is 10.7. The first-order chi connectivity index (χ1) is 12.2. The third kappa shape index (κ3) is 7.40. The first-order valence-electron chi connectivity index (χ1n) is 8.92. The van der Waals surface area contributed by atoms with E-state index in [9.17, 15) is 4.79 Å². The van der Waals surface area contributed by atoms with E-state index in [0.717, 1.165) is 30.1 Å². The highest BCUT2D eigenvalue weighted by Crippen LogP contribution is 2.17. The summed E-state index contributed by atoms with van der Waals surface area (Å²) < 4.78 is 5.75. The maximum atomic E-state index is 12.0. The fourth-order valence-electron chi connectivity index (χ4n) is 2.43. The molecule has 0 unspecified atom stereocenters. The third-order valence-corrected chi connectivity index (χ3v) is 4.00. The molecule has 0 aliphatic rings. The van der Waals surface area contributed by atoms with Gasteiger partial charge in [0.1, 0.15) is 12.4 Å². The Kier molecular flexibility index (Phi) is 7.99. The van der Waals surface area contributed by atoms with Crippen molar-refractivity contribution < 1.29 is 9.53 Å². The monoisotopic (exact) mass is 340 g/mol.